The molecule has 12 nitrogen and oxygen atoms in total. The fourth-order valence-electron chi connectivity index (χ4n) is 2.36. The molecule has 0 heterocycles. The number of carbonyl (C=O) groups excluding carboxylic acids is 3. The van der Waals surface area contributed by atoms with Gasteiger partial charge in [0.05, 0.1) is 0 Å². The lowest BCUT2D eigenvalue weighted by atomic mass is 10.0. The third-order valence-electron chi connectivity index (χ3n) is 3.85. The minimum Gasteiger partial charge on any atom is -0.481 e. The van der Waals surface area contributed by atoms with Crippen molar-refractivity contribution >= 4 is 35.6 Å². The Hall–Kier alpha value is -3.18. The number of carboxylic acids is 3. The van der Waals surface area contributed by atoms with E-state index in [0.29, 0.717) is 0 Å². The first kappa shape index (κ1) is 25.8. The fraction of sp³-hybridized carbons (Fsp3) is 0.647. The molecule has 0 unspecified atom stereocenters. The molecule has 0 rings (SSSR count). The molecule has 0 aromatic rings. The van der Waals surface area contributed by atoms with E-state index in [1.165, 1.54) is 0 Å². The summed E-state index contributed by atoms with van der Waals surface area (Å²) in [5, 5.41) is 33.6. The van der Waals surface area contributed by atoms with E-state index in [9.17, 15) is 33.9 Å². The van der Waals surface area contributed by atoms with Crippen LogP contribution < -0.4 is 16.0 Å². The van der Waals surface area contributed by atoms with Crippen molar-refractivity contribution in [2.75, 3.05) is 0 Å². The van der Waals surface area contributed by atoms with Crippen molar-refractivity contribution in [3.63, 3.8) is 0 Å². The summed E-state index contributed by atoms with van der Waals surface area (Å²) >= 11 is 0. The maximum Gasteiger partial charge on any atom is 0.326 e. The second kappa shape index (κ2) is 12.3. The van der Waals surface area contributed by atoms with Gasteiger partial charge >= 0.3 is 17.9 Å². The summed E-state index contributed by atoms with van der Waals surface area (Å²) in [7, 11) is 0. The molecule has 0 saturated heterocycles. The molecule has 29 heavy (non-hydrogen) atoms. The molecule has 0 radical (unpaired) electrons. The Morgan fingerprint density at radius 3 is 1.48 bits per heavy atom. The maximum atomic E-state index is 12.5. The van der Waals surface area contributed by atoms with Crippen LogP contribution in [0.5, 0.6) is 0 Å². The van der Waals surface area contributed by atoms with E-state index in [0.717, 1.165) is 6.92 Å². The van der Waals surface area contributed by atoms with Crippen LogP contribution in [0.15, 0.2) is 0 Å². The van der Waals surface area contributed by atoms with Crippen LogP contribution in [0.2, 0.25) is 0 Å². The smallest absolute Gasteiger partial charge is 0.326 e. The molecule has 0 spiro atoms. The van der Waals surface area contributed by atoms with Gasteiger partial charge in [-0.1, -0.05) is 13.8 Å². The van der Waals surface area contributed by atoms with Gasteiger partial charge in [0, 0.05) is 19.8 Å². The van der Waals surface area contributed by atoms with Gasteiger partial charge in [0.2, 0.25) is 17.7 Å². The molecule has 6 N–H and O–H groups in total. The standard InChI is InChI=1S/C17H27N3O9/c1-8(2)14(17(28)29)20-16(27)11(5-7-13(24)25)19-15(26)10(18-9(3)21)4-6-12(22)23/h8,10-11,14H,4-7H2,1-3H3,(H,18,21)(H,19,26)(H,20,27)(H,22,23)(H,24,25)(H,28,29)/t10-,11-,14-/m0/s1. The highest BCUT2D eigenvalue weighted by atomic mass is 16.4. The lowest BCUT2D eigenvalue weighted by molar-refractivity contribution is -0.144. The van der Waals surface area contributed by atoms with Gasteiger partial charge in [-0.3, -0.25) is 24.0 Å². The van der Waals surface area contributed by atoms with Gasteiger partial charge in [-0.15, -0.1) is 0 Å². The van der Waals surface area contributed by atoms with E-state index >= 15 is 0 Å². The molecule has 0 aromatic carbocycles. The number of rotatable bonds is 13. The summed E-state index contributed by atoms with van der Waals surface area (Å²) in [5.74, 6) is -6.60. The lowest BCUT2D eigenvalue weighted by Crippen LogP contribution is -2.56. The second-order valence-corrected chi connectivity index (χ2v) is 6.75. The first-order chi connectivity index (χ1) is 13.3. The first-order valence-corrected chi connectivity index (χ1v) is 8.89. The zero-order valence-corrected chi connectivity index (χ0v) is 16.4. The van der Waals surface area contributed by atoms with Gasteiger partial charge in [0.15, 0.2) is 0 Å². The highest BCUT2D eigenvalue weighted by molar-refractivity contribution is 5.93. The summed E-state index contributed by atoms with van der Waals surface area (Å²) < 4.78 is 0. The molecule has 3 atom stereocenters. The number of amides is 3. The van der Waals surface area contributed by atoms with Crippen molar-refractivity contribution in [1.82, 2.24) is 16.0 Å². The van der Waals surface area contributed by atoms with Gasteiger partial charge in [-0.2, -0.15) is 0 Å². The normalized spacial score (nSPS) is 13.7. The van der Waals surface area contributed by atoms with Crippen LogP contribution in [-0.4, -0.2) is 69.1 Å². The fourth-order valence-corrected chi connectivity index (χ4v) is 2.36. The van der Waals surface area contributed by atoms with Gasteiger partial charge in [0.1, 0.15) is 18.1 Å². The van der Waals surface area contributed by atoms with Gasteiger partial charge in [-0.05, 0) is 18.8 Å². The Labute approximate surface area is 167 Å². The Bertz CT molecular complexity index is 648. The van der Waals surface area contributed by atoms with E-state index in [2.05, 4.69) is 16.0 Å². The van der Waals surface area contributed by atoms with Crippen LogP contribution in [0.1, 0.15) is 46.5 Å². The Morgan fingerprint density at radius 1 is 0.724 bits per heavy atom. The number of hydrogen-bond donors (Lipinski definition) is 6. The molecule has 0 fully saturated rings. The predicted molar refractivity (Wildman–Crippen MR) is 97.7 cm³/mol. The van der Waals surface area contributed by atoms with Crippen LogP contribution in [-0.2, 0) is 28.8 Å². The van der Waals surface area contributed by atoms with E-state index < -0.39 is 72.5 Å². The highest BCUT2D eigenvalue weighted by Crippen LogP contribution is 2.06. The number of carbonyl (C=O) groups is 6. The third kappa shape index (κ3) is 10.7. The van der Waals surface area contributed by atoms with Crippen LogP contribution in [0.4, 0.5) is 0 Å². The highest BCUT2D eigenvalue weighted by Gasteiger charge is 2.30. The minimum absolute atomic E-state index is 0.252. The van der Waals surface area contributed by atoms with E-state index in [-0.39, 0.29) is 12.8 Å². The summed E-state index contributed by atoms with van der Waals surface area (Å²) in [6, 6.07) is -3.91. The van der Waals surface area contributed by atoms with Crippen LogP contribution >= 0.6 is 0 Å². The Morgan fingerprint density at radius 2 is 1.14 bits per heavy atom. The Balaban J connectivity index is 5.39. The van der Waals surface area contributed by atoms with Crippen molar-refractivity contribution in [3.05, 3.63) is 0 Å². The zero-order valence-electron chi connectivity index (χ0n) is 16.4. The molecule has 0 aliphatic rings. The molecule has 3 amide bonds. The van der Waals surface area contributed by atoms with Gasteiger partial charge < -0.3 is 31.3 Å². The van der Waals surface area contributed by atoms with Crippen LogP contribution in [0.25, 0.3) is 0 Å². The molecule has 12 heteroatoms. The average molecular weight is 417 g/mol. The van der Waals surface area contributed by atoms with Crippen molar-refractivity contribution in [2.24, 2.45) is 5.92 Å². The van der Waals surface area contributed by atoms with E-state index in [1.54, 1.807) is 13.8 Å². The third-order valence-corrected chi connectivity index (χ3v) is 3.85. The number of nitrogens with one attached hydrogen (secondary N) is 3. The van der Waals surface area contributed by atoms with Gasteiger partial charge in [-0.25, -0.2) is 4.79 Å². The lowest BCUT2D eigenvalue weighted by Gasteiger charge is -2.25. The molecule has 0 aliphatic heterocycles. The number of hydrogen-bond acceptors (Lipinski definition) is 6. The molecule has 0 bridgehead atoms. The summed E-state index contributed by atoms with van der Waals surface area (Å²) in [6.45, 7) is 4.24. The topological polar surface area (TPSA) is 199 Å². The second-order valence-electron chi connectivity index (χ2n) is 6.75. The maximum absolute atomic E-state index is 12.5. The first-order valence-electron chi connectivity index (χ1n) is 8.89. The van der Waals surface area contributed by atoms with Crippen molar-refractivity contribution in [1.29, 1.82) is 0 Å². The number of carboxylic acid groups (broad SMARTS) is 3. The predicted octanol–water partition coefficient (Wildman–Crippen LogP) is -1.07. The van der Waals surface area contributed by atoms with Crippen LogP contribution in [0, 0.1) is 5.92 Å². The molecular formula is C17H27N3O9. The van der Waals surface area contributed by atoms with E-state index in [1.807, 2.05) is 0 Å². The number of aliphatic carboxylic acids is 3. The SMILES string of the molecule is CC(=O)N[C@@H](CCC(=O)O)C(=O)N[C@@H](CCC(=O)O)C(=O)N[C@H](C(=O)O)C(C)C. The molecular weight excluding hydrogens is 390 g/mol. The zero-order chi connectivity index (χ0) is 22.7. The van der Waals surface area contributed by atoms with E-state index in [4.69, 9.17) is 10.2 Å². The summed E-state index contributed by atoms with van der Waals surface area (Å²) in [6.07, 6.45) is -1.50. The molecule has 0 aromatic heterocycles. The quantitative estimate of drug-likeness (QED) is 0.216. The Kier molecular flexibility index (Phi) is 11.0. The monoisotopic (exact) mass is 417 g/mol. The van der Waals surface area contributed by atoms with Crippen LogP contribution in [0.3, 0.4) is 0 Å². The summed E-state index contributed by atoms with van der Waals surface area (Å²) in [5.41, 5.74) is 0. The molecule has 0 saturated carbocycles. The molecule has 0 aliphatic carbocycles. The van der Waals surface area contributed by atoms with Gasteiger partial charge in [0.25, 0.3) is 0 Å². The van der Waals surface area contributed by atoms with Crippen molar-refractivity contribution in [2.45, 2.75) is 64.6 Å². The van der Waals surface area contributed by atoms with Crippen molar-refractivity contribution < 1.29 is 44.1 Å². The average Bonchev–Trinajstić information content (AvgIpc) is 2.58. The summed E-state index contributed by atoms with van der Waals surface area (Å²) in [4.78, 5) is 69.0. The molecule has 164 valence electrons. The minimum atomic E-state index is -1.39. The largest absolute Gasteiger partial charge is 0.481 e. The van der Waals surface area contributed by atoms with Crippen molar-refractivity contribution in [3.8, 4) is 0 Å².